The average Bonchev–Trinajstić information content (AvgIpc) is 3.25. The van der Waals surface area contributed by atoms with Crippen LogP contribution in [0.15, 0.2) is 0 Å². The molecule has 1 saturated carbocycles. The summed E-state index contributed by atoms with van der Waals surface area (Å²) in [6.07, 6.45) is 4.24. The SMILES string of the molecule is CC(C)(C)OC(=O)N[C@H]1CCCCCCC[C@@H]2C[C@@]2(C(=O)O)NC(=O)[C@@H]2C[C@@H](O)CN2C1=O. The molecule has 2 heterocycles. The molecule has 3 rings (SSSR count). The molecule has 0 aromatic heterocycles. The van der Waals surface area contributed by atoms with Crippen LogP contribution in [0.25, 0.3) is 0 Å². The van der Waals surface area contributed by atoms with E-state index in [0.717, 1.165) is 32.1 Å². The minimum Gasteiger partial charge on any atom is -0.479 e. The van der Waals surface area contributed by atoms with Crippen molar-refractivity contribution in [2.24, 2.45) is 5.92 Å². The van der Waals surface area contributed by atoms with Gasteiger partial charge in [0, 0.05) is 13.0 Å². The van der Waals surface area contributed by atoms with E-state index in [1.54, 1.807) is 20.8 Å². The zero-order valence-electron chi connectivity index (χ0n) is 19.8. The van der Waals surface area contributed by atoms with Crippen molar-refractivity contribution in [3.8, 4) is 0 Å². The molecule has 0 unspecified atom stereocenters. The van der Waals surface area contributed by atoms with Crippen molar-refractivity contribution in [1.29, 1.82) is 0 Å². The minimum atomic E-state index is -1.30. The number of carboxylic acids is 1. The summed E-state index contributed by atoms with van der Waals surface area (Å²) < 4.78 is 5.31. The molecule has 3 aliphatic rings. The highest BCUT2D eigenvalue weighted by molar-refractivity contribution is 5.95. The van der Waals surface area contributed by atoms with E-state index in [1.165, 1.54) is 4.90 Å². The second-order valence-corrected chi connectivity index (χ2v) is 10.6. The van der Waals surface area contributed by atoms with Gasteiger partial charge in [0.25, 0.3) is 0 Å². The first-order valence-electron chi connectivity index (χ1n) is 12.0. The number of aliphatic carboxylic acids is 1. The number of hydrogen-bond donors (Lipinski definition) is 4. The Bertz CT molecular complexity index is 781. The summed E-state index contributed by atoms with van der Waals surface area (Å²) in [6.45, 7) is 5.13. The molecule has 0 radical (unpaired) electrons. The van der Waals surface area contributed by atoms with Gasteiger partial charge in [-0.1, -0.05) is 32.1 Å². The van der Waals surface area contributed by atoms with Crippen LogP contribution in [0.4, 0.5) is 4.79 Å². The molecule has 2 aliphatic heterocycles. The number of carbonyl (C=O) groups excluding carboxylic acids is 3. The Morgan fingerprint density at radius 2 is 1.76 bits per heavy atom. The number of fused-ring (bicyclic) bond motifs is 2. The van der Waals surface area contributed by atoms with Crippen LogP contribution in [-0.2, 0) is 19.1 Å². The first kappa shape index (κ1) is 25.3. The Morgan fingerprint density at radius 3 is 2.39 bits per heavy atom. The Labute approximate surface area is 194 Å². The summed E-state index contributed by atoms with van der Waals surface area (Å²) in [5.41, 5.74) is -2.03. The summed E-state index contributed by atoms with van der Waals surface area (Å²) in [5, 5.41) is 25.3. The number of carboxylic acid groups (broad SMARTS) is 1. The number of ether oxygens (including phenoxy) is 1. The maximum absolute atomic E-state index is 13.4. The second kappa shape index (κ2) is 9.87. The summed E-state index contributed by atoms with van der Waals surface area (Å²) in [7, 11) is 0. The Morgan fingerprint density at radius 1 is 1.12 bits per heavy atom. The second-order valence-electron chi connectivity index (χ2n) is 10.6. The van der Waals surface area contributed by atoms with Crippen molar-refractivity contribution in [3.63, 3.8) is 0 Å². The van der Waals surface area contributed by atoms with Gasteiger partial charge in [0.05, 0.1) is 6.10 Å². The van der Waals surface area contributed by atoms with Gasteiger partial charge in [-0.25, -0.2) is 9.59 Å². The zero-order valence-corrected chi connectivity index (χ0v) is 19.8. The largest absolute Gasteiger partial charge is 0.479 e. The third-order valence-corrected chi connectivity index (χ3v) is 6.73. The van der Waals surface area contributed by atoms with E-state index >= 15 is 0 Å². The van der Waals surface area contributed by atoms with Crippen molar-refractivity contribution in [2.75, 3.05) is 6.54 Å². The van der Waals surface area contributed by atoms with Gasteiger partial charge >= 0.3 is 12.1 Å². The molecule has 1 aliphatic carbocycles. The first-order valence-corrected chi connectivity index (χ1v) is 12.0. The van der Waals surface area contributed by atoms with Crippen LogP contribution in [0.5, 0.6) is 0 Å². The molecular formula is C23H37N3O7. The summed E-state index contributed by atoms with van der Waals surface area (Å²) in [4.78, 5) is 52.1. The van der Waals surface area contributed by atoms with Gasteiger partial charge in [0.15, 0.2) is 0 Å². The smallest absolute Gasteiger partial charge is 0.408 e. The third kappa shape index (κ3) is 6.16. The molecule has 0 aromatic carbocycles. The number of alkyl carbamates (subject to hydrolysis) is 1. The number of aliphatic hydroxyl groups is 1. The van der Waals surface area contributed by atoms with Gasteiger partial charge in [0.1, 0.15) is 23.2 Å². The highest BCUT2D eigenvalue weighted by Gasteiger charge is 2.61. The fourth-order valence-corrected chi connectivity index (χ4v) is 4.93. The molecule has 10 nitrogen and oxygen atoms in total. The number of nitrogens with one attached hydrogen (secondary N) is 2. The summed E-state index contributed by atoms with van der Waals surface area (Å²) in [6, 6.07) is -1.88. The van der Waals surface area contributed by atoms with Crippen molar-refractivity contribution in [1.82, 2.24) is 15.5 Å². The summed E-state index contributed by atoms with van der Waals surface area (Å²) >= 11 is 0. The third-order valence-electron chi connectivity index (χ3n) is 6.73. The molecule has 3 fully saturated rings. The first-order chi connectivity index (χ1) is 15.4. The lowest BCUT2D eigenvalue weighted by Crippen LogP contribution is -2.56. The molecular weight excluding hydrogens is 430 g/mol. The lowest BCUT2D eigenvalue weighted by atomic mass is 10.0. The van der Waals surface area contributed by atoms with E-state index in [1.807, 2.05) is 0 Å². The fourth-order valence-electron chi connectivity index (χ4n) is 4.93. The van der Waals surface area contributed by atoms with Crippen molar-refractivity contribution in [3.05, 3.63) is 0 Å². The Balaban J connectivity index is 1.81. The molecule has 33 heavy (non-hydrogen) atoms. The van der Waals surface area contributed by atoms with Crippen molar-refractivity contribution in [2.45, 2.75) is 108 Å². The normalized spacial score (nSPS) is 33.6. The quantitative estimate of drug-likeness (QED) is 0.482. The Kier molecular flexibility index (Phi) is 7.55. The monoisotopic (exact) mass is 467 g/mol. The van der Waals surface area contributed by atoms with Gasteiger partial charge in [0.2, 0.25) is 11.8 Å². The van der Waals surface area contributed by atoms with E-state index in [2.05, 4.69) is 10.6 Å². The molecule has 2 saturated heterocycles. The predicted molar refractivity (Wildman–Crippen MR) is 118 cm³/mol. The van der Waals surface area contributed by atoms with Gasteiger partial charge in [-0.15, -0.1) is 0 Å². The number of aliphatic hydroxyl groups excluding tert-OH is 1. The van der Waals surface area contributed by atoms with Crippen LogP contribution in [0.1, 0.15) is 78.6 Å². The highest BCUT2D eigenvalue weighted by Crippen LogP contribution is 2.47. The van der Waals surface area contributed by atoms with E-state index in [9.17, 15) is 29.4 Å². The lowest BCUT2D eigenvalue weighted by Gasteiger charge is -2.30. The topological polar surface area (TPSA) is 145 Å². The van der Waals surface area contributed by atoms with Crippen LogP contribution >= 0.6 is 0 Å². The maximum atomic E-state index is 13.4. The molecule has 3 amide bonds. The molecule has 4 N–H and O–H groups in total. The Hall–Kier alpha value is -2.36. The van der Waals surface area contributed by atoms with Crippen LogP contribution < -0.4 is 10.6 Å². The molecule has 10 heteroatoms. The van der Waals surface area contributed by atoms with Crippen LogP contribution in [0, 0.1) is 5.92 Å². The lowest BCUT2D eigenvalue weighted by molar-refractivity contribution is -0.146. The van der Waals surface area contributed by atoms with Gasteiger partial charge in [-0.05, 0) is 46.0 Å². The van der Waals surface area contributed by atoms with E-state index in [4.69, 9.17) is 4.74 Å². The van der Waals surface area contributed by atoms with Gasteiger partial charge in [-0.2, -0.15) is 0 Å². The number of amides is 3. The molecule has 0 spiro atoms. The van der Waals surface area contributed by atoms with Gasteiger partial charge in [-0.3, -0.25) is 9.59 Å². The van der Waals surface area contributed by atoms with Crippen molar-refractivity contribution < 1.29 is 34.1 Å². The fraction of sp³-hybridized carbons (Fsp3) is 0.826. The number of nitrogens with zero attached hydrogens (tertiary/aromatic N) is 1. The number of hydrogen-bond acceptors (Lipinski definition) is 6. The van der Waals surface area contributed by atoms with Crippen molar-refractivity contribution >= 4 is 23.9 Å². The maximum Gasteiger partial charge on any atom is 0.408 e. The molecule has 0 aromatic rings. The molecule has 5 atom stereocenters. The van der Waals surface area contributed by atoms with Crippen LogP contribution in [0.2, 0.25) is 0 Å². The summed E-state index contributed by atoms with van der Waals surface area (Å²) in [5.74, 6) is -2.23. The van der Waals surface area contributed by atoms with E-state index in [0.29, 0.717) is 19.3 Å². The van der Waals surface area contributed by atoms with E-state index in [-0.39, 0.29) is 18.9 Å². The average molecular weight is 468 g/mol. The van der Waals surface area contributed by atoms with E-state index < -0.39 is 53.2 Å². The minimum absolute atomic E-state index is 0.0249. The predicted octanol–water partition coefficient (Wildman–Crippen LogP) is 1.55. The zero-order chi connectivity index (χ0) is 24.4. The standard InChI is InChI=1S/C23H37N3O7/c1-22(2,3)33-21(32)24-16-10-8-6-4-5-7-9-14-12-23(14,20(30)31)25-18(28)17-11-15(27)13-26(17)19(16)29/h14-17,27H,4-13H2,1-3H3,(H,24,32)(H,25,28)(H,30,31)/t14-,15-,16+,17+,23-/m1/s1. The van der Waals surface area contributed by atoms with Crippen LogP contribution in [-0.4, -0.2) is 74.9 Å². The number of rotatable bonds is 2. The molecule has 0 bridgehead atoms. The van der Waals surface area contributed by atoms with Gasteiger partial charge < -0.3 is 30.5 Å². The number of carbonyl (C=O) groups is 4. The van der Waals surface area contributed by atoms with Crippen LogP contribution in [0.3, 0.4) is 0 Å². The molecule has 186 valence electrons. The highest BCUT2D eigenvalue weighted by atomic mass is 16.6.